The Labute approximate surface area is 171 Å². The number of carbonyl (C=O) groups is 2. The molecule has 0 unspecified atom stereocenters. The monoisotopic (exact) mass is 397 g/mol. The lowest BCUT2D eigenvalue weighted by Crippen LogP contribution is -2.47. The van der Waals surface area contributed by atoms with Gasteiger partial charge in [-0.15, -0.1) is 0 Å². The van der Waals surface area contributed by atoms with Gasteiger partial charge in [0.1, 0.15) is 11.5 Å². The number of amides is 2. The van der Waals surface area contributed by atoms with Gasteiger partial charge < -0.3 is 25.0 Å². The third-order valence-corrected chi connectivity index (χ3v) is 5.05. The highest BCUT2D eigenvalue weighted by molar-refractivity contribution is 5.98. The minimum atomic E-state index is -0.330. The van der Waals surface area contributed by atoms with Gasteiger partial charge in [0.2, 0.25) is 5.91 Å². The van der Waals surface area contributed by atoms with E-state index < -0.39 is 0 Å². The van der Waals surface area contributed by atoms with E-state index in [1.807, 2.05) is 24.3 Å². The number of hydrogen-bond donors (Lipinski definition) is 2. The van der Waals surface area contributed by atoms with E-state index in [4.69, 9.17) is 9.47 Å². The first-order chi connectivity index (χ1) is 14.1. The van der Waals surface area contributed by atoms with E-state index in [1.165, 1.54) is 7.11 Å². The van der Waals surface area contributed by atoms with E-state index in [0.29, 0.717) is 11.3 Å². The van der Waals surface area contributed by atoms with Gasteiger partial charge >= 0.3 is 0 Å². The highest BCUT2D eigenvalue weighted by Gasteiger charge is 2.22. The van der Waals surface area contributed by atoms with Crippen LogP contribution in [-0.2, 0) is 4.79 Å². The maximum Gasteiger partial charge on any atom is 0.255 e. The van der Waals surface area contributed by atoms with Gasteiger partial charge in [0.25, 0.3) is 5.91 Å². The molecule has 0 aliphatic carbocycles. The Bertz CT molecular complexity index is 847. The van der Waals surface area contributed by atoms with Crippen molar-refractivity contribution in [3.63, 3.8) is 0 Å². The van der Waals surface area contributed by atoms with E-state index in [0.717, 1.165) is 37.4 Å². The van der Waals surface area contributed by atoms with Crippen molar-refractivity contribution in [2.75, 3.05) is 38.8 Å². The number of methoxy groups -OCH3 is 2. The molecule has 7 heteroatoms. The first-order valence-corrected chi connectivity index (χ1v) is 9.71. The average Bonchev–Trinajstić information content (AvgIpc) is 2.78. The van der Waals surface area contributed by atoms with Gasteiger partial charge in [0.15, 0.2) is 0 Å². The average molecular weight is 397 g/mol. The summed E-state index contributed by atoms with van der Waals surface area (Å²) in [6.45, 7) is 1.60. The molecular formula is C22H27N3O4. The fraction of sp³-hybridized carbons (Fsp3) is 0.364. The van der Waals surface area contributed by atoms with Crippen molar-refractivity contribution in [1.82, 2.24) is 10.6 Å². The molecule has 0 aromatic heterocycles. The molecule has 0 saturated carbocycles. The van der Waals surface area contributed by atoms with Gasteiger partial charge in [-0.3, -0.25) is 9.59 Å². The predicted molar refractivity (Wildman–Crippen MR) is 112 cm³/mol. The normalized spacial score (nSPS) is 14.2. The van der Waals surface area contributed by atoms with Crippen LogP contribution in [0.5, 0.6) is 11.5 Å². The molecule has 2 amide bonds. The molecule has 3 rings (SSSR count). The first kappa shape index (κ1) is 20.5. The molecule has 2 aromatic carbocycles. The van der Waals surface area contributed by atoms with Gasteiger partial charge in [-0.2, -0.15) is 0 Å². The fourth-order valence-electron chi connectivity index (χ4n) is 3.52. The van der Waals surface area contributed by atoms with E-state index >= 15 is 0 Å². The smallest absolute Gasteiger partial charge is 0.255 e. The van der Waals surface area contributed by atoms with Crippen molar-refractivity contribution in [2.24, 2.45) is 0 Å². The lowest BCUT2D eigenvalue weighted by atomic mass is 10.0. The Kier molecular flexibility index (Phi) is 6.94. The molecule has 29 heavy (non-hydrogen) atoms. The third kappa shape index (κ3) is 5.19. The highest BCUT2D eigenvalue weighted by Crippen LogP contribution is 2.29. The SMILES string of the molecule is COc1ccccc1C(=O)NCC(=O)NC1CCN(c2ccccc2OC)CC1. The number of carbonyl (C=O) groups excluding carboxylic acids is 2. The van der Waals surface area contributed by atoms with E-state index in [-0.39, 0.29) is 24.4 Å². The number of rotatable bonds is 7. The summed E-state index contributed by atoms with van der Waals surface area (Å²) in [4.78, 5) is 26.8. The number of nitrogens with one attached hydrogen (secondary N) is 2. The second-order valence-electron chi connectivity index (χ2n) is 6.88. The molecular weight excluding hydrogens is 370 g/mol. The molecule has 2 aromatic rings. The lowest BCUT2D eigenvalue weighted by molar-refractivity contribution is -0.120. The van der Waals surface area contributed by atoms with Crippen LogP contribution in [0.25, 0.3) is 0 Å². The Morgan fingerprint density at radius 1 is 0.966 bits per heavy atom. The summed E-state index contributed by atoms with van der Waals surface area (Å²) in [5, 5.41) is 5.67. The molecule has 1 fully saturated rings. The second kappa shape index (κ2) is 9.82. The molecule has 0 spiro atoms. The molecule has 154 valence electrons. The number of nitrogens with zero attached hydrogens (tertiary/aromatic N) is 1. The molecule has 7 nitrogen and oxygen atoms in total. The van der Waals surface area contributed by atoms with Gasteiger partial charge in [-0.25, -0.2) is 0 Å². The molecule has 0 radical (unpaired) electrons. The van der Waals surface area contributed by atoms with Crippen LogP contribution < -0.4 is 25.0 Å². The number of benzene rings is 2. The summed E-state index contributed by atoms with van der Waals surface area (Å²) < 4.78 is 10.6. The minimum Gasteiger partial charge on any atom is -0.496 e. The minimum absolute atomic E-state index is 0.0659. The molecule has 2 N–H and O–H groups in total. The van der Waals surface area contributed by atoms with Crippen molar-refractivity contribution in [3.05, 3.63) is 54.1 Å². The summed E-state index contributed by atoms with van der Waals surface area (Å²) in [7, 11) is 3.18. The zero-order valence-corrected chi connectivity index (χ0v) is 16.8. The van der Waals surface area contributed by atoms with Crippen LogP contribution in [0.1, 0.15) is 23.2 Å². The van der Waals surface area contributed by atoms with Gasteiger partial charge in [-0.05, 0) is 37.1 Å². The first-order valence-electron chi connectivity index (χ1n) is 9.71. The largest absolute Gasteiger partial charge is 0.496 e. The summed E-state index contributed by atoms with van der Waals surface area (Å²) in [6.07, 6.45) is 1.68. The Balaban J connectivity index is 1.46. The zero-order chi connectivity index (χ0) is 20.6. The summed E-state index contributed by atoms with van der Waals surface area (Å²) in [5.41, 5.74) is 1.48. The standard InChI is InChI=1S/C22H27N3O4/c1-28-19-9-5-3-7-17(19)22(27)23-15-21(26)24-16-11-13-25(14-12-16)18-8-4-6-10-20(18)29-2/h3-10,16H,11-15H2,1-2H3,(H,23,27)(H,24,26). The zero-order valence-electron chi connectivity index (χ0n) is 16.8. The van der Waals surface area contributed by atoms with Crippen LogP contribution in [0.3, 0.4) is 0 Å². The number of piperidine rings is 1. The quantitative estimate of drug-likeness (QED) is 0.749. The van der Waals surface area contributed by atoms with Crippen LogP contribution in [0.2, 0.25) is 0 Å². The topological polar surface area (TPSA) is 79.9 Å². The second-order valence-corrected chi connectivity index (χ2v) is 6.88. The molecule has 1 saturated heterocycles. The van der Waals surface area contributed by atoms with Crippen molar-refractivity contribution < 1.29 is 19.1 Å². The van der Waals surface area contributed by atoms with E-state index in [9.17, 15) is 9.59 Å². The molecule has 1 heterocycles. The van der Waals surface area contributed by atoms with E-state index in [2.05, 4.69) is 15.5 Å². The summed E-state index contributed by atoms with van der Waals surface area (Å²) in [6, 6.07) is 15.0. The number of hydrogen-bond acceptors (Lipinski definition) is 5. The Morgan fingerprint density at radius 3 is 2.28 bits per heavy atom. The molecule has 1 aliphatic rings. The molecule has 0 bridgehead atoms. The van der Waals surface area contributed by atoms with Gasteiger partial charge in [0, 0.05) is 19.1 Å². The maximum atomic E-state index is 12.3. The van der Waals surface area contributed by atoms with Crippen molar-refractivity contribution >= 4 is 17.5 Å². The summed E-state index contributed by atoms with van der Waals surface area (Å²) in [5.74, 6) is 0.815. The molecule has 1 aliphatic heterocycles. The van der Waals surface area contributed by atoms with Crippen LogP contribution in [0, 0.1) is 0 Å². The third-order valence-electron chi connectivity index (χ3n) is 5.05. The Hall–Kier alpha value is -3.22. The van der Waals surface area contributed by atoms with Gasteiger partial charge in [-0.1, -0.05) is 24.3 Å². The molecule has 0 atom stereocenters. The number of para-hydroxylation sites is 3. The Morgan fingerprint density at radius 2 is 1.59 bits per heavy atom. The van der Waals surface area contributed by atoms with Crippen LogP contribution >= 0.6 is 0 Å². The number of anilines is 1. The fourth-order valence-corrected chi connectivity index (χ4v) is 3.52. The van der Waals surface area contributed by atoms with Crippen LogP contribution in [-0.4, -0.2) is 51.7 Å². The van der Waals surface area contributed by atoms with Crippen LogP contribution in [0.4, 0.5) is 5.69 Å². The highest BCUT2D eigenvalue weighted by atomic mass is 16.5. The van der Waals surface area contributed by atoms with Crippen molar-refractivity contribution in [1.29, 1.82) is 0 Å². The summed E-state index contributed by atoms with van der Waals surface area (Å²) >= 11 is 0. The van der Waals surface area contributed by atoms with Crippen molar-refractivity contribution in [3.8, 4) is 11.5 Å². The van der Waals surface area contributed by atoms with Gasteiger partial charge in [0.05, 0.1) is 32.0 Å². The van der Waals surface area contributed by atoms with Crippen molar-refractivity contribution in [2.45, 2.75) is 18.9 Å². The lowest BCUT2D eigenvalue weighted by Gasteiger charge is -2.34. The van der Waals surface area contributed by atoms with E-state index in [1.54, 1.807) is 31.4 Å². The number of ether oxygens (including phenoxy) is 2. The predicted octanol–water partition coefficient (Wildman–Crippen LogP) is 2.22. The van der Waals surface area contributed by atoms with Crippen LogP contribution in [0.15, 0.2) is 48.5 Å². The maximum absolute atomic E-state index is 12.3.